The number of aryl methyl sites for hydroxylation is 1. The second kappa shape index (κ2) is 9.95. The lowest BCUT2D eigenvalue weighted by molar-refractivity contribution is -0.114. The van der Waals surface area contributed by atoms with Crippen molar-refractivity contribution in [2.75, 3.05) is 41.7 Å². The number of benzene rings is 1. The summed E-state index contributed by atoms with van der Waals surface area (Å²) < 4.78 is 1.74. The number of amides is 1. The molecule has 0 spiro atoms. The number of likely N-dealkylation sites (tertiary alicyclic amines) is 1. The third-order valence-corrected chi connectivity index (χ3v) is 7.40. The van der Waals surface area contributed by atoms with Gasteiger partial charge in [-0.2, -0.15) is 4.98 Å². The second-order valence-electron chi connectivity index (χ2n) is 9.78. The minimum atomic E-state index is -0.615. The average Bonchev–Trinajstić information content (AvgIpc) is 3.14. The lowest BCUT2D eigenvalue weighted by atomic mass is 10.1. The number of nitrogens with zero attached hydrogens (tertiary/aromatic N) is 6. The van der Waals surface area contributed by atoms with Crippen LogP contribution in [0.4, 0.5) is 23.0 Å². The number of para-hydroxylation sites is 1. The van der Waals surface area contributed by atoms with Crippen LogP contribution in [0.25, 0.3) is 11.0 Å². The molecule has 3 aromatic rings. The van der Waals surface area contributed by atoms with Crippen molar-refractivity contribution in [3.8, 4) is 0 Å². The first kappa shape index (κ1) is 24.9. The molecular weight excluding hydrogens is 470 g/mol. The van der Waals surface area contributed by atoms with Crippen LogP contribution in [-0.2, 0) is 4.79 Å². The van der Waals surface area contributed by atoms with E-state index in [0.29, 0.717) is 36.4 Å². The number of nitrogens with two attached hydrogens (primary N) is 1. The van der Waals surface area contributed by atoms with E-state index in [4.69, 9.17) is 5.73 Å². The number of aliphatic hydroxyl groups is 1. The summed E-state index contributed by atoms with van der Waals surface area (Å²) in [5.74, 6) is -0.0707. The van der Waals surface area contributed by atoms with Gasteiger partial charge < -0.3 is 20.6 Å². The molecule has 1 saturated heterocycles. The molecule has 2 aliphatic heterocycles. The van der Waals surface area contributed by atoms with Gasteiger partial charge in [-0.15, -0.1) is 0 Å². The SMILES string of the molecule is C=CC(=O)N1CCN(c2cc3cnc(N)nc3n([C@@H]3CCCCN(C(C)O)C3)c2=O)c2cccc(C)c21. The molecule has 2 aliphatic rings. The number of hydrogen-bond acceptors (Lipinski definition) is 8. The Morgan fingerprint density at radius 2 is 2.05 bits per heavy atom. The topological polar surface area (TPSA) is 121 Å². The van der Waals surface area contributed by atoms with Crippen LogP contribution in [0.2, 0.25) is 0 Å². The van der Waals surface area contributed by atoms with Crippen LogP contribution >= 0.6 is 0 Å². The molecule has 5 rings (SSSR count). The van der Waals surface area contributed by atoms with Gasteiger partial charge in [0.2, 0.25) is 5.95 Å². The van der Waals surface area contributed by atoms with Crippen LogP contribution in [0, 0.1) is 6.92 Å². The van der Waals surface area contributed by atoms with Crippen LogP contribution in [0.15, 0.2) is 47.9 Å². The summed E-state index contributed by atoms with van der Waals surface area (Å²) in [6.45, 7) is 9.51. The van der Waals surface area contributed by atoms with Crippen LogP contribution < -0.4 is 21.1 Å². The highest BCUT2D eigenvalue weighted by atomic mass is 16.3. The molecule has 10 nitrogen and oxygen atoms in total. The van der Waals surface area contributed by atoms with Gasteiger partial charge in [-0.25, -0.2) is 4.98 Å². The Morgan fingerprint density at radius 1 is 1.24 bits per heavy atom. The van der Waals surface area contributed by atoms with Crippen LogP contribution in [0.1, 0.15) is 37.8 Å². The van der Waals surface area contributed by atoms with Gasteiger partial charge in [0, 0.05) is 37.8 Å². The van der Waals surface area contributed by atoms with Crippen molar-refractivity contribution in [3.05, 3.63) is 59.0 Å². The van der Waals surface area contributed by atoms with E-state index in [2.05, 4.69) is 16.5 Å². The number of anilines is 4. The molecule has 3 N–H and O–H groups in total. The maximum Gasteiger partial charge on any atom is 0.276 e. The number of aliphatic hydroxyl groups excluding tert-OH is 1. The Labute approximate surface area is 215 Å². The molecular formula is C27H33N7O3. The van der Waals surface area contributed by atoms with Crippen molar-refractivity contribution < 1.29 is 9.90 Å². The van der Waals surface area contributed by atoms with Gasteiger partial charge in [-0.3, -0.25) is 19.1 Å². The van der Waals surface area contributed by atoms with E-state index in [1.807, 2.05) is 41.0 Å². The molecule has 1 aromatic carbocycles. The first-order valence-electron chi connectivity index (χ1n) is 12.7. The van der Waals surface area contributed by atoms with Gasteiger partial charge in [-0.1, -0.05) is 25.1 Å². The number of fused-ring (bicyclic) bond motifs is 2. The quantitative estimate of drug-likeness (QED) is 0.522. The standard InChI is InChI=1S/C27H33N7O3/c1-4-23(36)33-13-12-32(21-10-7-8-17(2)24(21)33)22-14-19-15-29-27(28)30-25(19)34(26(22)37)20-9-5-6-11-31(16-20)18(3)35/h4,7-8,10,14-15,18,20,35H,1,5-6,9,11-13,16H2,2-3H3,(H2,28,29,30)/t18?,20-/m1/s1. The Bertz CT molecular complexity index is 1420. The van der Waals surface area contributed by atoms with Gasteiger partial charge >= 0.3 is 0 Å². The third kappa shape index (κ3) is 4.47. The lowest BCUT2D eigenvalue weighted by Crippen LogP contribution is -2.44. The fourth-order valence-electron chi connectivity index (χ4n) is 5.57. The van der Waals surface area contributed by atoms with Crippen molar-refractivity contribution in [2.24, 2.45) is 0 Å². The Morgan fingerprint density at radius 3 is 2.81 bits per heavy atom. The molecule has 1 fully saturated rings. The summed E-state index contributed by atoms with van der Waals surface area (Å²) in [5.41, 5.74) is 9.24. The highest BCUT2D eigenvalue weighted by Gasteiger charge is 2.31. The Hall–Kier alpha value is -3.76. The van der Waals surface area contributed by atoms with E-state index < -0.39 is 6.23 Å². The number of pyridine rings is 1. The molecule has 0 aliphatic carbocycles. The van der Waals surface area contributed by atoms with Crippen molar-refractivity contribution in [1.29, 1.82) is 0 Å². The Balaban J connectivity index is 1.70. The van der Waals surface area contributed by atoms with E-state index in [9.17, 15) is 14.7 Å². The number of carbonyl (C=O) groups is 1. The van der Waals surface area contributed by atoms with Crippen LogP contribution in [0.3, 0.4) is 0 Å². The average molecular weight is 504 g/mol. The molecule has 0 saturated carbocycles. The van der Waals surface area contributed by atoms with Crippen molar-refractivity contribution in [1.82, 2.24) is 19.4 Å². The second-order valence-corrected chi connectivity index (χ2v) is 9.78. The molecule has 37 heavy (non-hydrogen) atoms. The summed E-state index contributed by atoms with van der Waals surface area (Å²) in [7, 11) is 0. The summed E-state index contributed by atoms with van der Waals surface area (Å²) in [4.78, 5) is 41.3. The van der Waals surface area contributed by atoms with Crippen molar-refractivity contribution >= 4 is 40.0 Å². The van der Waals surface area contributed by atoms with E-state index in [1.165, 1.54) is 6.08 Å². The van der Waals surface area contributed by atoms with Crippen molar-refractivity contribution in [3.63, 3.8) is 0 Å². The molecule has 2 atom stereocenters. The highest BCUT2D eigenvalue weighted by Crippen LogP contribution is 2.40. The molecule has 1 unspecified atom stereocenters. The minimum Gasteiger partial charge on any atom is -0.379 e. The third-order valence-electron chi connectivity index (χ3n) is 7.40. The van der Waals surface area contributed by atoms with Gasteiger partial charge in [0.1, 0.15) is 17.6 Å². The molecule has 2 aromatic heterocycles. The van der Waals surface area contributed by atoms with E-state index in [-0.39, 0.29) is 23.5 Å². The summed E-state index contributed by atoms with van der Waals surface area (Å²) >= 11 is 0. The van der Waals surface area contributed by atoms with Gasteiger partial charge in [0.25, 0.3) is 11.5 Å². The van der Waals surface area contributed by atoms with Crippen molar-refractivity contribution in [2.45, 2.75) is 45.4 Å². The largest absolute Gasteiger partial charge is 0.379 e. The first-order valence-corrected chi connectivity index (χ1v) is 12.7. The van der Waals surface area contributed by atoms with Crippen LogP contribution in [0.5, 0.6) is 0 Å². The highest BCUT2D eigenvalue weighted by molar-refractivity contribution is 6.05. The molecule has 4 heterocycles. The lowest BCUT2D eigenvalue weighted by Gasteiger charge is -2.38. The Kier molecular flexibility index (Phi) is 6.70. The maximum atomic E-state index is 14.3. The molecule has 194 valence electrons. The number of carbonyl (C=O) groups excluding carboxylic acids is 1. The summed E-state index contributed by atoms with van der Waals surface area (Å²) in [6, 6.07) is 7.43. The fourth-order valence-corrected chi connectivity index (χ4v) is 5.57. The van der Waals surface area contributed by atoms with E-state index in [0.717, 1.165) is 42.7 Å². The zero-order valence-corrected chi connectivity index (χ0v) is 21.3. The molecule has 0 bridgehead atoms. The fraction of sp³-hybridized carbons (Fsp3) is 0.407. The van der Waals surface area contributed by atoms with E-state index in [1.54, 1.807) is 22.6 Å². The van der Waals surface area contributed by atoms with Gasteiger partial charge in [0.15, 0.2) is 0 Å². The smallest absolute Gasteiger partial charge is 0.276 e. The predicted octanol–water partition coefficient (Wildman–Crippen LogP) is 2.72. The summed E-state index contributed by atoms with van der Waals surface area (Å²) in [5, 5.41) is 11.0. The molecule has 10 heteroatoms. The monoisotopic (exact) mass is 503 g/mol. The number of hydrogen-bond donors (Lipinski definition) is 2. The van der Waals surface area contributed by atoms with Crippen LogP contribution in [-0.4, -0.2) is 62.9 Å². The molecule has 1 amide bonds. The predicted molar refractivity (Wildman–Crippen MR) is 145 cm³/mol. The molecule has 0 radical (unpaired) electrons. The first-order chi connectivity index (χ1) is 17.8. The zero-order valence-electron chi connectivity index (χ0n) is 21.3. The number of aromatic nitrogens is 3. The number of rotatable bonds is 4. The zero-order chi connectivity index (χ0) is 26.3. The maximum absolute atomic E-state index is 14.3. The van der Waals surface area contributed by atoms with E-state index >= 15 is 0 Å². The summed E-state index contributed by atoms with van der Waals surface area (Å²) in [6.07, 6.45) is 5.00. The number of nitrogen functional groups attached to an aromatic ring is 1. The van der Waals surface area contributed by atoms with Gasteiger partial charge in [0.05, 0.1) is 17.4 Å². The normalized spacial score (nSPS) is 19.4. The van der Waals surface area contributed by atoms with Gasteiger partial charge in [-0.05, 0) is 50.5 Å². The minimum absolute atomic E-state index is 0.104.